The van der Waals surface area contributed by atoms with E-state index in [4.69, 9.17) is 4.74 Å². The lowest BCUT2D eigenvalue weighted by molar-refractivity contribution is -0.116. The number of aryl methyl sites for hydroxylation is 2. The molecule has 1 amide bonds. The number of rotatable bonds is 8. The Hall–Kier alpha value is -3.09. The molecule has 2 aromatic rings. The van der Waals surface area contributed by atoms with Gasteiger partial charge in [-0.1, -0.05) is 18.2 Å². The van der Waals surface area contributed by atoms with Crippen LogP contribution >= 0.6 is 0 Å². The van der Waals surface area contributed by atoms with Gasteiger partial charge in [0, 0.05) is 32.3 Å². The van der Waals surface area contributed by atoms with Crippen LogP contribution in [0.3, 0.4) is 0 Å². The van der Waals surface area contributed by atoms with Gasteiger partial charge in [0.05, 0.1) is 7.11 Å². The molecule has 0 bridgehead atoms. The molecule has 0 saturated carbocycles. The van der Waals surface area contributed by atoms with Crippen molar-refractivity contribution in [2.24, 2.45) is 4.99 Å². The lowest BCUT2D eigenvalue weighted by Gasteiger charge is -2.12. The average molecular weight is 383 g/mol. The number of anilines is 1. The van der Waals surface area contributed by atoms with Gasteiger partial charge >= 0.3 is 0 Å². The number of guanidine groups is 1. The van der Waals surface area contributed by atoms with Gasteiger partial charge in [-0.25, -0.2) is 4.98 Å². The van der Waals surface area contributed by atoms with E-state index in [0.29, 0.717) is 24.7 Å². The number of carbonyl (C=O) groups is 1. The molecule has 0 fully saturated rings. The fraction of sp³-hybridized carbons (Fsp3) is 0.381. The van der Waals surface area contributed by atoms with Gasteiger partial charge in [-0.15, -0.1) is 0 Å². The zero-order valence-corrected chi connectivity index (χ0v) is 17.0. The second-order valence-corrected chi connectivity index (χ2v) is 6.44. The van der Waals surface area contributed by atoms with E-state index in [1.807, 2.05) is 26.0 Å². The standard InChI is InChI=1S/C21H29N5O2/c1-15-8-9-17(14-18(15)28-4)10-12-23-21(22-3)24-13-11-20(27)26-19-7-5-6-16(2)25-19/h5-9,14H,10-13H2,1-4H3,(H2,22,23,24)(H,25,26,27). The zero-order chi connectivity index (χ0) is 20.4. The first-order valence-electron chi connectivity index (χ1n) is 9.33. The van der Waals surface area contributed by atoms with Gasteiger partial charge in [0.25, 0.3) is 0 Å². The first-order chi connectivity index (χ1) is 13.5. The minimum Gasteiger partial charge on any atom is -0.496 e. The molecule has 3 N–H and O–H groups in total. The van der Waals surface area contributed by atoms with Crippen LogP contribution in [-0.2, 0) is 11.2 Å². The van der Waals surface area contributed by atoms with Gasteiger partial charge < -0.3 is 20.7 Å². The number of benzene rings is 1. The van der Waals surface area contributed by atoms with E-state index in [9.17, 15) is 4.79 Å². The molecular weight excluding hydrogens is 354 g/mol. The smallest absolute Gasteiger partial charge is 0.227 e. The Balaban J connectivity index is 1.70. The minimum absolute atomic E-state index is 0.0900. The summed E-state index contributed by atoms with van der Waals surface area (Å²) in [5.74, 6) is 2.04. The van der Waals surface area contributed by atoms with Crippen LogP contribution in [0, 0.1) is 13.8 Å². The molecule has 2 rings (SSSR count). The van der Waals surface area contributed by atoms with Gasteiger partial charge in [0.1, 0.15) is 11.6 Å². The lowest BCUT2D eigenvalue weighted by Crippen LogP contribution is -2.39. The van der Waals surface area contributed by atoms with E-state index in [0.717, 1.165) is 30.0 Å². The maximum absolute atomic E-state index is 12.0. The lowest BCUT2D eigenvalue weighted by atomic mass is 10.1. The number of aliphatic imine (C=N–C) groups is 1. The molecule has 7 nitrogen and oxygen atoms in total. The minimum atomic E-state index is -0.0900. The van der Waals surface area contributed by atoms with E-state index in [2.05, 4.69) is 44.1 Å². The number of nitrogens with one attached hydrogen (secondary N) is 3. The molecule has 0 aliphatic heterocycles. The van der Waals surface area contributed by atoms with Crippen LogP contribution in [0.25, 0.3) is 0 Å². The van der Waals surface area contributed by atoms with Crippen molar-refractivity contribution in [3.05, 3.63) is 53.2 Å². The molecule has 0 saturated heterocycles. The molecule has 0 spiro atoms. The van der Waals surface area contributed by atoms with Crippen LogP contribution in [0.5, 0.6) is 5.75 Å². The molecule has 0 radical (unpaired) electrons. The maximum atomic E-state index is 12.0. The van der Waals surface area contributed by atoms with Crippen LogP contribution in [-0.4, -0.2) is 44.1 Å². The van der Waals surface area contributed by atoms with Gasteiger partial charge in [-0.05, 0) is 49.6 Å². The number of methoxy groups -OCH3 is 1. The predicted molar refractivity (Wildman–Crippen MR) is 113 cm³/mol. The van der Waals surface area contributed by atoms with Crippen molar-refractivity contribution in [2.45, 2.75) is 26.7 Å². The first kappa shape index (κ1) is 21.2. The molecule has 0 atom stereocenters. The number of carbonyl (C=O) groups excluding carboxylic acids is 1. The highest BCUT2D eigenvalue weighted by Gasteiger charge is 2.05. The Kier molecular flexibility index (Phi) is 8.27. The summed E-state index contributed by atoms with van der Waals surface area (Å²) in [4.78, 5) is 20.5. The summed E-state index contributed by atoms with van der Waals surface area (Å²) in [6, 6.07) is 11.7. The summed E-state index contributed by atoms with van der Waals surface area (Å²) in [5, 5.41) is 9.20. The van der Waals surface area contributed by atoms with Crippen LogP contribution in [0.2, 0.25) is 0 Å². The molecule has 150 valence electrons. The van der Waals surface area contributed by atoms with Gasteiger partial charge in [-0.2, -0.15) is 0 Å². The van der Waals surface area contributed by atoms with Crippen molar-refractivity contribution in [1.82, 2.24) is 15.6 Å². The van der Waals surface area contributed by atoms with Crippen LogP contribution in [0.4, 0.5) is 5.82 Å². The summed E-state index contributed by atoms with van der Waals surface area (Å²) in [5.41, 5.74) is 3.18. The quantitative estimate of drug-likeness (QED) is 0.481. The second-order valence-electron chi connectivity index (χ2n) is 6.44. The third-order valence-electron chi connectivity index (χ3n) is 4.20. The van der Waals surface area contributed by atoms with Crippen molar-refractivity contribution in [3.63, 3.8) is 0 Å². The molecule has 1 aromatic heterocycles. The Morgan fingerprint density at radius 2 is 1.93 bits per heavy atom. The Labute approximate surface area is 166 Å². The summed E-state index contributed by atoms with van der Waals surface area (Å²) in [6.45, 7) is 5.12. The van der Waals surface area contributed by atoms with Crippen LogP contribution in [0.15, 0.2) is 41.4 Å². The highest BCUT2D eigenvalue weighted by atomic mass is 16.5. The van der Waals surface area contributed by atoms with Gasteiger partial charge in [-0.3, -0.25) is 9.79 Å². The van der Waals surface area contributed by atoms with E-state index < -0.39 is 0 Å². The topological polar surface area (TPSA) is 87.6 Å². The average Bonchev–Trinajstić information content (AvgIpc) is 2.68. The highest BCUT2D eigenvalue weighted by Crippen LogP contribution is 2.18. The predicted octanol–water partition coefficient (Wildman–Crippen LogP) is 2.44. The molecule has 1 heterocycles. The van der Waals surface area contributed by atoms with Crippen LogP contribution < -0.4 is 20.7 Å². The fourth-order valence-electron chi connectivity index (χ4n) is 2.68. The Bertz CT molecular complexity index is 820. The Morgan fingerprint density at radius 1 is 1.14 bits per heavy atom. The molecule has 0 unspecified atom stereocenters. The highest BCUT2D eigenvalue weighted by molar-refractivity contribution is 5.90. The molecule has 1 aromatic carbocycles. The van der Waals surface area contributed by atoms with Gasteiger partial charge in [0.15, 0.2) is 5.96 Å². The van der Waals surface area contributed by atoms with E-state index in [1.54, 1.807) is 20.2 Å². The largest absolute Gasteiger partial charge is 0.496 e. The molecular formula is C21H29N5O2. The van der Waals surface area contributed by atoms with Crippen molar-refractivity contribution < 1.29 is 9.53 Å². The normalized spacial score (nSPS) is 11.1. The zero-order valence-electron chi connectivity index (χ0n) is 17.0. The van der Waals surface area contributed by atoms with E-state index >= 15 is 0 Å². The van der Waals surface area contributed by atoms with Crippen molar-refractivity contribution >= 4 is 17.7 Å². The number of hydrogen-bond acceptors (Lipinski definition) is 4. The number of ether oxygens (including phenoxy) is 1. The third kappa shape index (κ3) is 6.90. The number of aromatic nitrogens is 1. The van der Waals surface area contributed by atoms with Crippen molar-refractivity contribution in [3.8, 4) is 5.75 Å². The molecule has 0 aliphatic carbocycles. The number of hydrogen-bond donors (Lipinski definition) is 3. The van der Waals surface area contributed by atoms with E-state index in [-0.39, 0.29) is 5.91 Å². The summed E-state index contributed by atoms with van der Waals surface area (Å²) in [6.07, 6.45) is 1.17. The molecule has 28 heavy (non-hydrogen) atoms. The SMILES string of the molecule is CN=C(NCCC(=O)Nc1cccc(C)n1)NCCc1ccc(C)c(OC)c1. The maximum Gasteiger partial charge on any atom is 0.227 e. The number of pyridine rings is 1. The third-order valence-corrected chi connectivity index (χ3v) is 4.20. The van der Waals surface area contributed by atoms with E-state index in [1.165, 1.54) is 5.56 Å². The van der Waals surface area contributed by atoms with Gasteiger partial charge in [0.2, 0.25) is 5.91 Å². The number of nitrogens with zero attached hydrogens (tertiary/aromatic N) is 2. The number of amides is 1. The second kappa shape index (κ2) is 10.9. The monoisotopic (exact) mass is 383 g/mol. The molecule has 7 heteroatoms. The fourth-order valence-corrected chi connectivity index (χ4v) is 2.68. The van der Waals surface area contributed by atoms with Crippen molar-refractivity contribution in [1.29, 1.82) is 0 Å². The summed E-state index contributed by atoms with van der Waals surface area (Å²) >= 11 is 0. The van der Waals surface area contributed by atoms with Crippen molar-refractivity contribution in [2.75, 3.05) is 32.6 Å². The first-order valence-corrected chi connectivity index (χ1v) is 9.33. The van der Waals surface area contributed by atoms with Crippen LogP contribution in [0.1, 0.15) is 23.2 Å². The summed E-state index contributed by atoms with van der Waals surface area (Å²) < 4.78 is 5.36. The molecule has 0 aliphatic rings. The summed E-state index contributed by atoms with van der Waals surface area (Å²) in [7, 11) is 3.39. The Morgan fingerprint density at radius 3 is 2.64 bits per heavy atom.